The first-order valence-corrected chi connectivity index (χ1v) is 9.80. The highest BCUT2D eigenvalue weighted by Crippen LogP contribution is 2.62. The molecular formula is C18H27N3O2S. The lowest BCUT2D eigenvalue weighted by Gasteiger charge is -2.63. The Labute approximate surface area is 147 Å². The lowest BCUT2D eigenvalue weighted by atomic mass is 9.46. The van der Waals surface area contributed by atoms with Crippen molar-refractivity contribution in [3.8, 4) is 0 Å². The molecular weight excluding hydrogens is 322 g/mol. The largest absolute Gasteiger partial charge is 0.383 e. The molecule has 3 fully saturated rings. The third-order valence-corrected chi connectivity index (χ3v) is 7.33. The van der Waals surface area contributed by atoms with Crippen molar-refractivity contribution in [2.75, 3.05) is 20.2 Å². The number of aliphatic hydroxyl groups is 1. The summed E-state index contributed by atoms with van der Waals surface area (Å²) in [7, 11) is 1.80. The molecule has 1 aromatic rings. The average Bonchev–Trinajstić information content (AvgIpc) is 3.16. The number of thiophene rings is 1. The van der Waals surface area contributed by atoms with Crippen molar-refractivity contribution in [1.82, 2.24) is 10.6 Å². The molecule has 2 saturated carbocycles. The van der Waals surface area contributed by atoms with E-state index in [4.69, 9.17) is 4.74 Å². The molecule has 0 aromatic carbocycles. The van der Waals surface area contributed by atoms with Crippen LogP contribution in [0.4, 0.5) is 0 Å². The van der Waals surface area contributed by atoms with E-state index in [0.29, 0.717) is 30.0 Å². The Kier molecular flexibility index (Phi) is 4.09. The first-order valence-electron chi connectivity index (χ1n) is 8.92. The average molecular weight is 350 g/mol. The van der Waals surface area contributed by atoms with E-state index in [2.05, 4.69) is 15.6 Å². The van der Waals surface area contributed by atoms with Crippen molar-refractivity contribution < 1.29 is 9.84 Å². The molecule has 0 amide bonds. The van der Waals surface area contributed by atoms with Gasteiger partial charge in [-0.3, -0.25) is 4.99 Å². The second-order valence-electron chi connectivity index (χ2n) is 7.63. The van der Waals surface area contributed by atoms with E-state index in [1.165, 1.54) is 19.3 Å². The van der Waals surface area contributed by atoms with Gasteiger partial charge in [0.25, 0.3) is 0 Å². The van der Waals surface area contributed by atoms with E-state index >= 15 is 0 Å². The van der Waals surface area contributed by atoms with Crippen LogP contribution in [0, 0.1) is 11.3 Å². The number of nitrogens with zero attached hydrogens (tertiary/aromatic N) is 1. The fraction of sp³-hybridized carbons (Fsp3) is 0.722. The van der Waals surface area contributed by atoms with Gasteiger partial charge in [0, 0.05) is 35.9 Å². The molecule has 5 nitrogen and oxygen atoms in total. The predicted molar refractivity (Wildman–Crippen MR) is 96.3 cm³/mol. The minimum absolute atomic E-state index is 0.328. The summed E-state index contributed by atoms with van der Waals surface area (Å²) in [6.45, 7) is 3.18. The molecule has 3 N–H and O–H groups in total. The van der Waals surface area contributed by atoms with E-state index in [0.717, 1.165) is 23.9 Å². The van der Waals surface area contributed by atoms with E-state index < -0.39 is 5.60 Å². The topological polar surface area (TPSA) is 65.9 Å². The maximum absolute atomic E-state index is 10.7. The summed E-state index contributed by atoms with van der Waals surface area (Å²) < 4.78 is 5.98. The molecule has 1 saturated heterocycles. The molecule has 3 aliphatic rings. The second-order valence-corrected chi connectivity index (χ2v) is 8.58. The molecule has 0 bridgehead atoms. The van der Waals surface area contributed by atoms with Crippen LogP contribution in [0.5, 0.6) is 0 Å². The van der Waals surface area contributed by atoms with Crippen molar-refractivity contribution in [1.29, 1.82) is 0 Å². The zero-order valence-corrected chi connectivity index (χ0v) is 15.2. The quantitative estimate of drug-likeness (QED) is 0.575. The van der Waals surface area contributed by atoms with Crippen LogP contribution in [0.25, 0.3) is 0 Å². The number of fused-ring (bicyclic) bond motifs is 2. The Balaban J connectivity index is 1.38. The Hall–Kier alpha value is -1.11. The predicted octanol–water partition coefficient (Wildman–Crippen LogP) is 2.08. The molecule has 1 spiro atoms. The van der Waals surface area contributed by atoms with Gasteiger partial charge >= 0.3 is 0 Å². The Morgan fingerprint density at radius 3 is 3.00 bits per heavy atom. The van der Waals surface area contributed by atoms with Crippen molar-refractivity contribution in [3.63, 3.8) is 0 Å². The highest BCUT2D eigenvalue weighted by Gasteiger charge is 2.66. The van der Waals surface area contributed by atoms with E-state index in [1.807, 2.05) is 24.4 Å². The summed E-state index contributed by atoms with van der Waals surface area (Å²) in [6, 6.07) is 4.39. The van der Waals surface area contributed by atoms with Crippen LogP contribution < -0.4 is 10.6 Å². The van der Waals surface area contributed by atoms with Gasteiger partial charge in [0.1, 0.15) is 5.60 Å². The Bertz CT molecular complexity index is 610. The molecule has 2 aliphatic carbocycles. The summed E-state index contributed by atoms with van der Waals surface area (Å²) in [5, 5.41) is 19.6. The van der Waals surface area contributed by atoms with Gasteiger partial charge < -0.3 is 20.5 Å². The second kappa shape index (κ2) is 6.00. The Morgan fingerprint density at radius 1 is 1.54 bits per heavy atom. The first-order chi connectivity index (χ1) is 11.6. The van der Waals surface area contributed by atoms with Crippen molar-refractivity contribution in [3.05, 3.63) is 22.4 Å². The van der Waals surface area contributed by atoms with Gasteiger partial charge in [0.15, 0.2) is 5.96 Å². The fourth-order valence-electron chi connectivity index (χ4n) is 4.73. The van der Waals surface area contributed by atoms with Gasteiger partial charge in [0.2, 0.25) is 0 Å². The third kappa shape index (κ3) is 2.47. The normalized spacial score (nSPS) is 33.3. The van der Waals surface area contributed by atoms with Gasteiger partial charge in [-0.1, -0.05) is 12.5 Å². The minimum atomic E-state index is -0.890. The summed E-state index contributed by atoms with van der Waals surface area (Å²) in [5.74, 6) is 1.40. The zero-order chi connectivity index (χ0) is 16.8. The van der Waals surface area contributed by atoms with Gasteiger partial charge in [-0.25, -0.2) is 0 Å². The maximum Gasteiger partial charge on any atom is 0.191 e. The van der Waals surface area contributed by atoms with Crippen LogP contribution in [0.2, 0.25) is 0 Å². The molecule has 1 aliphatic heterocycles. The molecule has 1 aromatic heterocycles. The molecule has 4 unspecified atom stereocenters. The summed E-state index contributed by atoms with van der Waals surface area (Å²) in [5.41, 5.74) is -0.562. The molecule has 4 rings (SSSR count). The fourth-order valence-corrected chi connectivity index (χ4v) is 5.51. The number of nitrogens with one attached hydrogen (secondary N) is 2. The molecule has 4 atom stereocenters. The first kappa shape index (κ1) is 16.4. The SMILES string of the molecule is CN=C(NCC(C)(O)c1cccs1)NC1C2CCOC2C12CCC2. The standard InChI is InChI=1S/C18H27N3O2S/c1-17(22,13-5-3-10-24-13)11-20-16(19-2)21-14-12-6-9-23-15(12)18(14)7-4-8-18/h3,5,10,12,14-15,22H,4,6-9,11H2,1-2H3,(H2,19,20,21). The van der Waals surface area contributed by atoms with E-state index in [-0.39, 0.29) is 0 Å². The molecule has 132 valence electrons. The highest BCUT2D eigenvalue weighted by molar-refractivity contribution is 7.10. The summed E-state index contributed by atoms with van der Waals surface area (Å²) >= 11 is 1.58. The third-order valence-electron chi connectivity index (χ3n) is 6.20. The van der Waals surface area contributed by atoms with Crippen LogP contribution in [0.3, 0.4) is 0 Å². The van der Waals surface area contributed by atoms with Crippen LogP contribution >= 0.6 is 11.3 Å². The van der Waals surface area contributed by atoms with Crippen LogP contribution in [-0.4, -0.2) is 43.4 Å². The van der Waals surface area contributed by atoms with Crippen LogP contribution in [0.1, 0.15) is 37.5 Å². The molecule has 2 heterocycles. The lowest BCUT2D eigenvalue weighted by molar-refractivity contribution is -0.171. The number of hydrogen-bond donors (Lipinski definition) is 3. The molecule has 0 radical (unpaired) electrons. The monoisotopic (exact) mass is 349 g/mol. The summed E-state index contributed by atoms with van der Waals surface area (Å²) in [4.78, 5) is 5.34. The van der Waals surface area contributed by atoms with E-state index in [1.54, 1.807) is 18.4 Å². The smallest absolute Gasteiger partial charge is 0.191 e. The van der Waals surface area contributed by atoms with E-state index in [9.17, 15) is 5.11 Å². The van der Waals surface area contributed by atoms with Crippen LogP contribution in [-0.2, 0) is 10.3 Å². The minimum Gasteiger partial charge on any atom is -0.383 e. The molecule has 24 heavy (non-hydrogen) atoms. The number of guanidine groups is 1. The number of rotatable bonds is 4. The van der Waals surface area contributed by atoms with Crippen molar-refractivity contribution >= 4 is 17.3 Å². The van der Waals surface area contributed by atoms with Crippen LogP contribution in [0.15, 0.2) is 22.5 Å². The Morgan fingerprint density at radius 2 is 2.38 bits per heavy atom. The number of ether oxygens (including phenoxy) is 1. The van der Waals surface area contributed by atoms with Crippen molar-refractivity contribution in [2.45, 2.75) is 50.4 Å². The number of aliphatic imine (C=N–C) groups is 1. The summed E-state index contributed by atoms with van der Waals surface area (Å²) in [6.07, 6.45) is 5.43. The lowest BCUT2D eigenvalue weighted by Crippen LogP contribution is -2.72. The van der Waals surface area contributed by atoms with Gasteiger partial charge in [-0.05, 0) is 37.6 Å². The molecule has 6 heteroatoms. The zero-order valence-electron chi connectivity index (χ0n) is 14.4. The van der Waals surface area contributed by atoms with Gasteiger partial charge in [0.05, 0.1) is 12.6 Å². The van der Waals surface area contributed by atoms with Crippen molar-refractivity contribution in [2.24, 2.45) is 16.3 Å². The maximum atomic E-state index is 10.7. The number of hydrogen-bond acceptors (Lipinski definition) is 4. The van der Waals surface area contributed by atoms with Gasteiger partial charge in [-0.15, -0.1) is 11.3 Å². The highest BCUT2D eigenvalue weighted by atomic mass is 32.1. The van der Waals surface area contributed by atoms with Gasteiger partial charge in [-0.2, -0.15) is 0 Å².